The summed E-state index contributed by atoms with van der Waals surface area (Å²) in [5.41, 5.74) is -0.178. The summed E-state index contributed by atoms with van der Waals surface area (Å²) in [6.07, 6.45) is 1.59. The number of rotatable bonds is 2. The van der Waals surface area contributed by atoms with E-state index in [1.54, 1.807) is 31.5 Å². The summed E-state index contributed by atoms with van der Waals surface area (Å²) < 4.78 is 10.3. The average molecular weight is 205 g/mol. The molecule has 4 nitrogen and oxygen atoms in total. The number of ether oxygens (including phenoxy) is 2. The lowest BCUT2D eigenvalue weighted by Crippen LogP contribution is -2.06. The van der Waals surface area contributed by atoms with Crippen LogP contribution >= 0.6 is 0 Å². The van der Waals surface area contributed by atoms with Crippen molar-refractivity contribution in [2.24, 2.45) is 0 Å². The van der Waals surface area contributed by atoms with Gasteiger partial charge in [0.25, 0.3) is 5.56 Å². The summed E-state index contributed by atoms with van der Waals surface area (Å²) in [6, 6.07) is 5.29. The molecule has 78 valence electrons. The lowest BCUT2D eigenvalue weighted by molar-refractivity contribution is 0.410. The summed E-state index contributed by atoms with van der Waals surface area (Å²) in [4.78, 5) is 14.2. The van der Waals surface area contributed by atoms with Crippen molar-refractivity contribution >= 4 is 10.8 Å². The van der Waals surface area contributed by atoms with Gasteiger partial charge in [-0.05, 0) is 18.2 Å². The number of hydrogen-bond donors (Lipinski definition) is 1. The second kappa shape index (κ2) is 3.65. The van der Waals surface area contributed by atoms with E-state index in [4.69, 9.17) is 9.47 Å². The minimum atomic E-state index is -0.178. The van der Waals surface area contributed by atoms with Crippen LogP contribution in [0.15, 0.2) is 29.2 Å². The molecule has 4 heteroatoms. The van der Waals surface area contributed by atoms with Gasteiger partial charge in [0.05, 0.1) is 19.6 Å². The van der Waals surface area contributed by atoms with Crippen molar-refractivity contribution in [1.29, 1.82) is 0 Å². The summed E-state index contributed by atoms with van der Waals surface area (Å²) >= 11 is 0. The molecule has 1 heterocycles. The maximum absolute atomic E-state index is 11.6. The first kappa shape index (κ1) is 9.58. The number of pyridine rings is 1. The Kier molecular flexibility index (Phi) is 2.33. The van der Waals surface area contributed by atoms with Gasteiger partial charge in [-0.15, -0.1) is 0 Å². The molecule has 0 saturated carbocycles. The highest BCUT2D eigenvalue weighted by molar-refractivity contribution is 5.92. The first-order valence-corrected chi connectivity index (χ1v) is 4.50. The highest BCUT2D eigenvalue weighted by Crippen LogP contribution is 2.29. The molecular formula is C11H11NO3. The Balaban J connectivity index is 2.93. The zero-order valence-electron chi connectivity index (χ0n) is 8.53. The Morgan fingerprint density at radius 1 is 1.07 bits per heavy atom. The Hall–Kier alpha value is -1.97. The predicted octanol–water partition coefficient (Wildman–Crippen LogP) is 1.55. The molecule has 0 saturated heterocycles. The van der Waals surface area contributed by atoms with Crippen LogP contribution in [0, 0.1) is 0 Å². The van der Waals surface area contributed by atoms with Gasteiger partial charge >= 0.3 is 0 Å². The van der Waals surface area contributed by atoms with Crippen molar-refractivity contribution in [3.8, 4) is 11.5 Å². The van der Waals surface area contributed by atoms with Crippen molar-refractivity contribution in [3.05, 3.63) is 34.7 Å². The Labute approximate surface area is 86.5 Å². The number of nitrogens with one attached hydrogen (secondary N) is 1. The molecule has 0 fully saturated rings. The number of H-pyrrole nitrogens is 1. The van der Waals surface area contributed by atoms with Gasteiger partial charge in [0.2, 0.25) is 0 Å². The van der Waals surface area contributed by atoms with E-state index in [9.17, 15) is 4.79 Å². The van der Waals surface area contributed by atoms with E-state index in [1.165, 1.54) is 7.11 Å². The van der Waals surface area contributed by atoms with Crippen LogP contribution in [-0.2, 0) is 0 Å². The van der Waals surface area contributed by atoms with Crippen molar-refractivity contribution < 1.29 is 9.47 Å². The zero-order valence-corrected chi connectivity index (χ0v) is 8.53. The third kappa shape index (κ3) is 1.44. The topological polar surface area (TPSA) is 51.3 Å². The first-order valence-electron chi connectivity index (χ1n) is 4.50. The van der Waals surface area contributed by atoms with Gasteiger partial charge < -0.3 is 14.5 Å². The summed E-state index contributed by atoms with van der Waals surface area (Å²) in [5.74, 6) is 1.21. The van der Waals surface area contributed by atoms with Gasteiger partial charge in [-0.3, -0.25) is 4.79 Å². The molecule has 0 amide bonds. The maximum atomic E-state index is 11.6. The van der Waals surface area contributed by atoms with Gasteiger partial charge in [-0.25, -0.2) is 0 Å². The van der Waals surface area contributed by atoms with E-state index in [1.807, 2.05) is 0 Å². The first-order chi connectivity index (χ1) is 7.27. The lowest BCUT2D eigenvalue weighted by Gasteiger charge is -2.08. The smallest absolute Gasteiger partial charge is 0.259 e. The van der Waals surface area contributed by atoms with Crippen molar-refractivity contribution in [2.45, 2.75) is 0 Å². The number of methoxy groups -OCH3 is 2. The quantitative estimate of drug-likeness (QED) is 0.809. The number of fused-ring (bicyclic) bond motifs is 1. The van der Waals surface area contributed by atoms with E-state index in [0.717, 1.165) is 5.39 Å². The third-order valence-corrected chi connectivity index (χ3v) is 2.30. The van der Waals surface area contributed by atoms with E-state index in [-0.39, 0.29) is 5.56 Å². The molecule has 2 aromatic rings. The molecule has 0 aliphatic heterocycles. The average Bonchev–Trinajstić information content (AvgIpc) is 2.28. The summed E-state index contributed by atoms with van der Waals surface area (Å²) in [5, 5.41) is 1.26. The highest BCUT2D eigenvalue weighted by Gasteiger charge is 2.09. The molecule has 15 heavy (non-hydrogen) atoms. The van der Waals surface area contributed by atoms with Gasteiger partial charge in [0.1, 0.15) is 11.5 Å². The molecule has 0 atom stereocenters. The van der Waals surface area contributed by atoms with Crippen LogP contribution in [0.3, 0.4) is 0 Å². The standard InChI is InChI=1S/C11H11NO3/c1-14-8-3-4-9(15-2)10-7(8)5-6-12-11(10)13/h3-6H,1-2H3,(H,12,13). The molecule has 0 spiro atoms. The molecule has 0 unspecified atom stereocenters. The van der Waals surface area contributed by atoms with Gasteiger partial charge in [-0.1, -0.05) is 0 Å². The molecule has 0 radical (unpaired) electrons. The third-order valence-electron chi connectivity index (χ3n) is 2.30. The number of aromatic amines is 1. The largest absolute Gasteiger partial charge is 0.496 e. The van der Waals surface area contributed by atoms with E-state index < -0.39 is 0 Å². The Bertz CT molecular complexity index is 545. The zero-order chi connectivity index (χ0) is 10.8. The molecular weight excluding hydrogens is 194 g/mol. The van der Waals surface area contributed by atoms with Gasteiger partial charge in [0.15, 0.2) is 0 Å². The van der Waals surface area contributed by atoms with Crippen LogP contribution in [-0.4, -0.2) is 19.2 Å². The van der Waals surface area contributed by atoms with Crippen LogP contribution in [0.5, 0.6) is 11.5 Å². The normalized spacial score (nSPS) is 10.3. The fourth-order valence-electron chi connectivity index (χ4n) is 1.60. The van der Waals surface area contributed by atoms with Gasteiger partial charge in [0, 0.05) is 11.6 Å². The monoisotopic (exact) mass is 205 g/mol. The van der Waals surface area contributed by atoms with Crippen molar-refractivity contribution in [3.63, 3.8) is 0 Å². The SMILES string of the molecule is COc1ccc(OC)c2c(=O)[nH]ccc12. The Morgan fingerprint density at radius 2 is 1.73 bits per heavy atom. The van der Waals surface area contributed by atoms with E-state index >= 15 is 0 Å². The van der Waals surface area contributed by atoms with Crippen LogP contribution in [0.1, 0.15) is 0 Å². The lowest BCUT2D eigenvalue weighted by atomic mass is 10.1. The fourth-order valence-corrected chi connectivity index (χ4v) is 1.60. The molecule has 1 N–H and O–H groups in total. The second-order valence-electron chi connectivity index (χ2n) is 3.07. The van der Waals surface area contributed by atoms with Gasteiger partial charge in [-0.2, -0.15) is 0 Å². The number of hydrogen-bond acceptors (Lipinski definition) is 3. The molecule has 0 aliphatic rings. The second-order valence-corrected chi connectivity index (χ2v) is 3.07. The van der Waals surface area contributed by atoms with Crippen LogP contribution < -0.4 is 15.0 Å². The van der Waals surface area contributed by atoms with E-state index in [0.29, 0.717) is 16.9 Å². The van der Waals surface area contributed by atoms with Crippen LogP contribution in [0.25, 0.3) is 10.8 Å². The molecule has 2 rings (SSSR count). The minimum Gasteiger partial charge on any atom is -0.496 e. The van der Waals surface area contributed by atoms with E-state index in [2.05, 4.69) is 4.98 Å². The number of aromatic nitrogens is 1. The van der Waals surface area contributed by atoms with Crippen LogP contribution in [0.2, 0.25) is 0 Å². The summed E-state index contributed by atoms with van der Waals surface area (Å²) in [7, 11) is 3.11. The summed E-state index contributed by atoms with van der Waals surface area (Å²) in [6.45, 7) is 0. The molecule has 1 aromatic carbocycles. The molecule has 0 bridgehead atoms. The number of benzene rings is 1. The Morgan fingerprint density at radius 3 is 2.40 bits per heavy atom. The van der Waals surface area contributed by atoms with Crippen molar-refractivity contribution in [2.75, 3.05) is 14.2 Å². The van der Waals surface area contributed by atoms with Crippen LogP contribution in [0.4, 0.5) is 0 Å². The fraction of sp³-hybridized carbons (Fsp3) is 0.182. The molecule has 1 aromatic heterocycles. The van der Waals surface area contributed by atoms with Crippen molar-refractivity contribution in [1.82, 2.24) is 4.98 Å². The predicted molar refractivity (Wildman–Crippen MR) is 57.7 cm³/mol. The maximum Gasteiger partial charge on any atom is 0.259 e. The molecule has 0 aliphatic carbocycles. The minimum absolute atomic E-state index is 0.178. The highest BCUT2D eigenvalue weighted by atomic mass is 16.5.